The molecule has 0 atom stereocenters. The van der Waals surface area contributed by atoms with Crippen LogP contribution in [-0.4, -0.2) is 36.0 Å². The zero-order chi connectivity index (χ0) is 12.1. The fourth-order valence-electron chi connectivity index (χ4n) is 2.40. The Kier molecular flexibility index (Phi) is 5.44. The van der Waals surface area contributed by atoms with Crippen LogP contribution in [-0.2, 0) is 13.6 Å². The minimum absolute atomic E-state index is 0.468. The van der Waals surface area contributed by atoms with E-state index in [9.17, 15) is 0 Å². The molecule has 0 aromatic rings. The van der Waals surface area contributed by atoms with Gasteiger partial charge in [-0.05, 0) is 24.9 Å². The smallest absolute Gasteiger partial charge is 0.337 e. The van der Waals surface area contributed by atoms with Gasteiger partial charge in [0.2, 0.25) is 0 Å². The van der Waals surface area contributed by atoms with Crippen LogP contribution < -0.4 is 0 Å². The maximum atomic E-state index is 5.62. The average molecular weight is 246 g/mol. The van der Waals surface area contributed by atoms with E-state index in [-0.39, 0.29) is 0 Å². The first-order valence-electron chi connectivity index (χ1n) is 6.34. The zero-order valence-electron chi connectivity index (χ0n) is 11.2. The van der Waals surface area contributed by atoms with Crippen molar-refractivity contribution in [1.29, 1.82) is 0 Å². The van der Waals surface area contributed by atoms with Crippen LogP contribution >= 0.6 is 0 Å². The molecule has 0 unspecified atom stereocenters. The zero-order valence-corrected chi connectivity index (χ0v) is 12.2. The Morgan fingerprint density at radius 3 is 2.12 bits per heavy atom. The molecule has 0 spiro atoms. The number of hydrogen-bond donors (Lipinski definition) is 0. The largest absolute Gasteiger partial charge is 0.398 e. The Balaban J connectivity index is 2.32. The summed E-state index contributed by atoms with van der Waals surface area (Å²) in [6.45, 7) is 6.33. The van der Waals surface area contributed by atoms with Crippen molar-refractivity contribution in [3.05, 3.63) is 0 Å². The van der Waals surface area contributed by atoms with Crippen molar-refractivity contribution >= 4 is 8.56 Å². The van der Waals surface area contributed by atoms with Crippen molar-refractivity contribution < 1.29 is 13.6 Å². The van der Waals surface area contributed by atoms with Gasteiger partial charge in [0.25, 0.3) is 0 Å². The van der Waals surface area contributed by atoms with Gasteiger partial charge in [0, 0.05) is 19.6 Å². The van der Waals surface area contributed by atoms with Crippen molar-refractivity contribution in [2.24, 2.45) is 5.41 Å². The summed E-state index contributed by atoms with van der Waals surface area (Å²) in [6, 6.07) is 2.15. The van der Waals surface area contributed by atoms with Gasteiger partial charge in [0.1, 0.15) is 0 Å². The Hall–Kier alpha value is 0.0969. The van der Waals surface area contributed by atoms with Gasteiger partial charge in [0.05, 0.1) is 13.2 Å². The molecule has 1 aliphatic heterocycles. The van der Waals surface area contributed by atoms with Crippen LogP contribution in [0.25, 0.3) is 0 Å². The third-order valence-corrected chi connectivity index (χ3v) is 7.79. The van der Waals surface area contributed by atoms with Gasteiger partial charge >= 0.3 is 8.56 Å². The second-order valence-corrected chi connectivity index (χ2v) is 8.72. The van der Waals surface area contributed by atoms with E-state index >= 15 is 0 Å². The molecule has 96 valence electrons. The summed E-state index contributed by atoms with van der Waals surface area (Å²) in [4.78, 5) is 0. The SMILES string of the molecule is CCC1(CCC[Si](CC)(OC)OC)COC1. The molecule has 1 rings (SSSR count). The summed E-state index contributed by atoms with van der Waals surface area (Å²) in [5.41, 5.74) is 0.468. The van der Waals surface area contributed by atoms with E-state index in [2.05, 4.69) is 13.8 Å². The van der Waals surface area contributed by atoms with E-state index in [1.165, 1.54) is 19.3 Å². The van der Waals surface area contributed by atoms with Gasteiger partial charge in [-0.1, -0.05) is 20.3 Å². The first kappa shape index (κ1) is 14.2. The second kappa shape index (κ2) is 6.14. The molecule has 0 saturated carbocycles. The van der Waals surface area contributed by atoms with E-state index in [1.807, 2.05) is 0 Å². The molecule has 0 amide bonds. The summed E-state index contributed by atoms with van der Waals surface area (Å²) in [5.74, 6) is 0. The molecule has 0 aromatic carbocycles. The molecule has 0 aromatic heterocycles. The summed E-state index contributed by atoms with van der Waals surface area (Å²) < 4.78 is 16.6. The Bertz CT molecular complexity index is 187. The molecule has 1 aliphatic rings. The molecular formula is C12H26O3Si. The summed E-state index contributed by atoms with van der Waals surface area (Å²) in [5, 5.41) is 0. The first-order chi connectivity index (χ1) is 7.66. The standard InChI is InChI=1S/C12H26O3Si/c1-5-12(10-15-11-12)8-7-9-16(6-2,13-3)14-4/h5-11H2,1-4H3. The highest BCUT2D eigenvalue weighted by molar-refractivity contribution is 6.67. The molecule has 0 bridgehead atoms. The van der Waals surface area contributed by atoms with Crippen LogP contribution in [0.5, 0.6) is 0 Å². The average Bonchev–Trinajstić information content (AvgIpc) is 2.29. The number of rotatable bonds is 8. The highest BCUT2D eigenvalue weighted by Crippen LogP contribution is 2.37. The maximum Gasteiger partial charge on any atom is 0.337 e. The third kappa shape index (κ3) is 3.06. The minimum Gasteiger partial charge on any atom is -0.398 e. The van der Waals surface area contributed by atoms with Gasteiger partial charge in [0.15, 0.2) is 0 Å². The highest BCUT2D eigenvalue weighted by atomic mass is 28.4. The van der Waals surface area contributed by atoms with E-state index in [1.54, 1.807) is 14.2 Å². The van der Waals surface area contributed by atoms with Gasteiger partial charge in [-0.25, -0.2) is 0 Å². The highest BCUT2D eigenvalue weighted by Gasteiger charge is 2.38. The molecule has 1 heterocycles. The van der Waals surface area contributed by atoms with Crippen LogP contribution in [0.4, 0.5) is 0 Å². The van der Waals surface area contributed by atoms with E-state index < -0.39 is 8.56 Å². The second-order valence-electron chi connectivity index (χ2n) is 4.87. The Morgan fingerprint density at radius 2 is 1.81 bits per heavy atom. The number of ether oxygens (including phenoxy) is 1. The molecular weight excluding hydrogens is 220 g/mol. The van der Waals surface area contributed by atoms with Crippen molar-refractivity contribution in [3.8, 4) is 0 Å². The molecule has 16 heavy (non-hydrogen) atoms. The van der Waals surface area contributed by atoms with Gasteiger partial charge < -0.3 is 13.6 Å². The molecule has 4 heteroatoms. The molecule has 0 N–H and O–H groups in total. The lowest BCUT2D eigenvalue weighted by molar-refractivity contribution is -0.119. The normalized spacial score (nSPS) is 19.5. The Labute approximate surface area is 101 Å². The van der Waals surface area contributed by atoms with Crippen molar-refractivity contribution in [3.63, 3.8) is 0 Å². The van der Waals surface area contributed by atoms with Crippen LogP contribution in [0.2, 0.25) is 12.1 Å². The molecule has 0 radical (unpaired) electrons. The fourth-order valence-corrected chi connectivity index (χ4v) is 4.62. The van der Waals surface area contributed by atoms with Gasteiger partial charge in [-0.15, -0.1) is 0 Å². The van der Waals surface area contributed by atoms with Crippen molar-refractivity contribution in [2.75, 3.05) is 27.4 Å². The van der Waals surface area contributed by atoms with Crippen LogP contribution in [0.1, 0.15) is 33.1 Å². The lowest BCUT2D eigenvalue weighted by atomic mass is 9.79. The predicted octanol–water partition coefficient (Wildman–Crippen LogP) is 2.95. The quantitative estimate of drug-likeness (QED) is 0.616. The monoisotopic (exact) mass is 246 g/mol. The Morgan fingerprint density at radius 1 is 1.19 bits per heavy atom. The topological polar surface area (TPSA) is 27.7 Å². The van der Waals surface area contributed by atoms with Crippen molar-refractivity contribution in [2.45, 2.75) is 45.2 Å². The minimum atomic E-state index is -1.86. The van der Waals surface area contributed by atoms with Crippen LogP contribution in [0, 0.1) is 5.41 Å². The number of hydrogen-bond acceptors (Lipinski definition) is 3. The lowest BCUT2D eigenvalue weighted by Gasteiger charge is -2.41. The third-order valence-electron chi connectivity index (χ3n) is 4.11. The van der Waals surface area contributed by atoms with E-state index in [0.29, 0.717) is 5.41 Å². The first-order valence-corrected chi connectivity index (χ1v) is 8.57. The molecule has 1 fully saturated rings. The molecule has 1 saturated heterocycles. The van der Waals surface area contributed by atoms with Crippen LogP contribution in [0.3, 0.4) is 0 Å². The lowest BCUT2D eigenvalue weighted by Crippen LogP contribution is -2.43. The van der Waals surface area contributed by atoms with Crippen LogP contribution in [0.15, 0.2) is 0 Å². The van der Waals surface area contributed by atoms with Gasteiger partial charge in [-0.2, -0.15) is 0 Å². The van der Waals surface area contributed by atoms with E-state index in [0.717, 1.165) is 25.3 Å². The predicted molar refractivity (Wildman–Crippen MR) is 67.8 cm³/mol. The maximum absolute atomic E-state index is 5.62. The summed E-state index contributed by atoms with van der Waals surface area (Å²) >= 11 is 0. The van der Waals surface area contributed by atoms with Gasteiger partial charge in [-0.3, -0.25) is 0 Å². The molecule has 0 aliphatic carbocycles. The van der Waals surface area contributed by atoms with E-state index in [4.69, 9.17) is 13.6 Å². The molecule has 3 nitrogen and oxygen atoms in total. The summed E-state index contributed by atoms with van der Waals surface area (Å²) in [6.07, 6.45) is 3.69. The fraction of sp³-hybridized carbons (Fsp3) is 1.00. The van der Waals surface area contributed by atoms with Crippen molar-refractivity contribution in [1.82, 2.24) is 0 Å². The summed E-state index contributed by atoms with van der Waals surface area (Å²) in [7, 11) is 1.73.